The maximum absolute atomic E-state index is 12.1. The van der Waals surface area contributed by atoms with Crippen molar-refractivity contribution in [3.8, 4) is 0 Å². The lowest BCUT2D eigenvalue weighted by molar-refractivity contribution is -0.608. The lowest BCUT2D eigenvalue weighted by atomic mass is 10.3. The number of aromatic nitrogens is 1. The van der Waals surface area contributed by atoms with Crippen molar-refractivity contribution in [1.29, 1.82) is 0 Å². The number of nitrogens with two attached hydrogens (primary N) is 1. The van der Waals surface area contributed by atoms with Crippen LogP contribution in [0.1, 0.15) is 17.4 Å². The van der Waals surface area contributed by atoms with Crippen LogP contribution in [0.25, 0.3) is 0 Å². The Balaban J connectivity index is 2.06. The van der Waals surface area contributed by atoms with Crippen LogP contribution < -0.4 is 15.2 Å². The molecule has 0 aliphatic carbocycles. The SMILES string of the molecule is C[C@H](OC(=O)c1cccc[n+]1[O-])C(=O)Nc1cccc(S(N)(=O)=O)c1. The van der Waals surface area contributed by atoms with E-state index in [1.165, 1.54) is 49.4 Å². The van der Waals surface area contributed by atoms with E-state index >= 15 is 0 Å². The second kappa shape index (κ2) is 7.28. The molecular weight excluding hydrogens is 350 g/mol. The Morgan fingerprint density at radius 3 is 2.60 bits per heavy atom. The van der Waals surface area contributed by atoms with E-state index in [-0.39, 0.29) is 16.3 Å². The van der Waals surface area contributed by atoms with Crippen LogP contribution in [0, 0.1) is 5.21 Å². The van der Waals surface area contributed by atoms with Crippen molar-refractivity contribution in [2.45, 2.75) is 17.9 Å². The Morgan fingerprint density at radius 1 is 1.24 bits per heavy atom. The van der Waals surface area contributed by atoms with Crippen LogP contribution in [-0.2, 0) is 19.6 Å². The highest BCUT2D eigenvalue weighted by Gasteiger charge is 2.24. The first kappa shape index (κ1) is 18.4. The van der Waals surface area contributed by atoms with Crippen LogP contribution in [0.15, 0.2) is 53.6 Å². The highest BCUT2D eigenvalue weighted by Crippen LogP contribution is 2.14. The van der Waals surface area contributed by atoms with Gasteiger partial charge in [-0.2, -0.15) is 4.73 Å². The van der Waals surface area contributed by atoms with Crippen molar-refractivity contribution < 1.29 is 27.5 Å². The molecule has 10 heteroatoms. The molecule has 132 valence electrons. The Hall–Kier alpha value is -2.98. The van der Waals surface area contributed by atoms with Crippen molar-refractivity contribution in [2.24, 2.45) is 5.14 Å². The molecule has 2 aromatic rings. The molecule has 0 radical (unpaired) electrons. The number of carbonyl (C=O) groups excluding carboxylic acids is 2. The normalized spacial score (nSPS) is 12.2. The highest BCUT2D eigenvalue weighted by atomic mass is 32.2. The maximum atomic E-state index is 12.1. The van der Waals surface area contributed by atoms with Crippen molar-refractivity contribution in [2.75, 3.05) is 5.32 Å². The smallest absolute Gasteiger partial charge is 0.405 e. The summed E-state index contributed by atoms with van der Waals surface area (Å²) >= 11 is 0. The van der Waals surface area contributed by atoms with E-state index in [4.69, 9.17) is 9.88 Å². The van der Waals surface area contributed by atoms with Crippen LogP contribution in [0.3, 0.4) is 0 Å². The van der Waals surface area contributed by atoms with E-state index in [0.717, 1.165) is 6.20 Å². The van der Waals surface area contributed by atoms with Gasteiger partial charge in [0, 0.05) is 17.8 Å². The van der Waals surface area contributed by atoms with E-state index in [1.807, 2.05) is 0 Å². The number of sulfonamides is 1. The van der Waals surface area contributed by atoms with E-state index in [9.17, 15) is 23.2 Å². The zero-order chi connectivity index (χ0) is 18.6. The molecule has 1 aromatic carbocycles. The van der Waals surface area contributed by atoms with Gasteiger partial charge >= 0.3 is 11.7 Å². The summed E-state index contributed by atoms with van der Waals surface area (Å²) in [6, 6.07) is 9.48. The number of carbonyl (C=O) groups is 2. The standard InChI is InChI=1S/C15H15N3O6S/c1-10(24-15(20)13-7-2-3-8-18(13)21)14(19)17-11-5-4-6-12(9-11)25(16,22)23/h2-10H,1H3,(H,17,19)(H2,16,22,23)/t10-/m0/s1. The number of anilines is 1. The van der Waals surface area contributed by atoms with Crippen LogP contribution in [0.5, 0.6) is 0 Å². The predicted octanol–water partition coefficient (Wildman–Crippen LogP) is 0.151. The molecule has 1 aromatic heterocycles. The molecule has 0 aliphatic heterocycles. The molecule has 3 N–H and O–H groups in total. The van der Waals surface area contributed by atoms with E-state index < -0.39 is 28.0 Å². The van der Waals surface area contributed by atoms with Crippen LogP contribution >= 0.6 is 0 Å². The molecule has 2 rings (SSSR count). The Bertz CT molecular complexity index is 913. The average Bonchev–Trinajstić information content (AvgIpc) is 2.54. The number of amides is 1. The minimum absolute atomic E-state index is 0.165. The summed E-state index contributed by atoms with van der Waals surface area (Å²) in [4.78, 5) is 23.8. The summed E-state index contributed by atoms with van der Waals surface area (Å²) in [5.74, 6) is -1.66. The number of hydrogen-bond donors (Lipinski definition) is 2. The first-order valence-corrected chi connectivity index (χ1v) is 8.56. The zero-order valence-electron chi connectivity index (χ0n) is 13.1. The fourth-order valence-corrected chi connectivity index (χ4v) is 2.41. The largest absolute Gasteiger partial charge is 0.618 e. The van der Waals surface area contributed by atoms with Crippen LogP contribution in [-0.4, -0.2) is 26.4 Å². The zero-order valence-corrected chi connectivity index (χ0v) is 13.9. The van der Waals surface area contributed by atoms with Gasteiger partial charge in [-0.3, -0.25) is 4.79 Å². The van der Waals surface area contributed by atoms with Gasteiger partial charge in [-0.1, -0.05) is 6.07 Å². The molecule has 0 bridgehead atoms. The van der Waals surface area contributed by atoms with Crippen molar-refractivity contribution in [3.05, 3.63) is 59.6 Å². The number of nitrogens with zero attached hydrogens (tertiary/aromatic N) is 1. The Kier molecular flexibility index (Phi) is 5.35. The number of rotatable bonds is 5. The predicted molar refractivity (Wildman–Crippen MR) is 86.7 cm³/mol. The van der Waals surface area contributed by atoms with Gasteiger partial charge in [0.25, 0.3) is 5.91 Å². The van der Waals surface area contributed by atoms with Gasteiger partial charge < -0.3 is 15.3 Å². The van der Waals surface area contributed by atoms with Crippen molar-refractivity contribution >= 4 is 27.6 Å². The van der Waals surface area contributed by atoms with E-state index in [1.54, 1.807) is 0 Å². The molecule has 0 aliphatic rings. The van der Waals surface area contributed by atoms with Gasteiger partial charge in [0.2, 0.25) is 10.0 Å². The molecule has 1 heterocycles. The number of benzene rings is 1. The van der Waals surface area contributed by atoms with Crippen molar-refractivity contribution in [1.82, 2.24) is 0 Å². The first-order valence-electron chi connectivity index (χ1n) is 7.01. The number of nitrogens with one attached hydrogen (secondary N) is 1. The molecule has 1 amide bonds. The van der Waals surface area contributed by atoms with Gasteiger partial charge in [0.05, 0.1) is 4.90 Å². The summed E-state index contributed by atoms with van der Waals surface area (Å²) in [5, 5.41) is 18.9. The first-order chi connectivity index (χ1) is 11.7. The second-order valence-electron chi connectivity index (χ2n) is 5.02. The fourth-order valence-electron chi connectivity index (χ4n) is 1.86. The summed E-state index contributed by atoms with van der Waals surface area (Å²) in [6.45, 7) is 1.31. The third-order valence-corrected chi connectivity index (χ3v) is 4.03. The summed E-state index contributed by atoms with van der Waals surface area (Å²) < 4.78 is 27.9. The van der Waals surface area contributed by atoms with E-state index in [2.05, 4.69) is 5.32 Å². The molecule has 0 unspecified atom stereocenters. The van der Waals surface area contributed by atoms with Crippen molar-refractivity contribution in [3.63, 3.8) is 0 Å². The number of ether oxygens (including phenoxy) is 1. The highest BCUT2D eigenvalue weighted by molar-refractivity contribution is 7.89. The van der Waals surface area contributed by atoms with Gasteiger partial charge in [-0.05, 0) is 31.2 Å². The molecule has 0 fully saturated rings. The number of esters is 1. The summed E-state index contributed by atoms with van der Waals surface area (Å²) in [7, 11) is -3.92. The molecule has 1 atom stereocenters. The molecule has 0 spiro atoms. The molecule has 0 saturated carbocycles. The van der Waals surface area contributed by atoms with Crippen LogP contribution in [0.2, 0.25) is 0 Å². The molecule has 0 saturated heterocycles. The minimum Gasteiger partial charge on any atom is -0.618 e. The Labute approximate surface area is 143 Å². The number of hydrogen-bond acceptors (Lipinski definition) is 6. The van der Waals surface area contributed by atoms with Gasteiger partial charge in [0.15, 0.2) is 12.3 Å². The van der Waals surface area contributed by atoms with E-state index in [0.29, 0.717) is 4.73 Å². The van der Waals surface area contributed by atoms with Gasteiger partial charge in [-0.15, -0.1) is 0 Å². The number of primary sulfonamides is 1. The Morgan fingerprint density at radius 2 is 1.96 bits per heavy atom. The monoisotopic (exact) mass is 365 g/mol. The maximum Gasteiger partial charge on any atom is 0.405 e. The summed E-state index contributed by atoms with van der Waals surface area (Å²) in [6.07, 6.45) is -0.0917. The molecular formula is C15H15N3O6S. The fraction of sp³-hybridized carbons (Fsp3) is 0.133. The number of pyridine rings is 1. The topological polar surface area (TPSA) is 142 Å². The summed E-state index contributed by atoms with van der Waals surface area (Å²) in [5.41, 5.74) is -0.101. The third kappa shape index (κ3) is 4.75. The second-order valence-corrected chi connectivity index (χ2v) is 6.58. The van der Waals surface area contributed by atoms with Gasteiger partial charge in [0.1, 0.15) is 0 Å². The molecule has 9 nitrogen and oxygen atoms in total. The third-order valence-electron chi connectivity index (χ3n) is 3.12. The lowest BCUT2D eigenvalue weighted by Crippen LogP contribution is -2.37. The van der Waals surface area contributed by atoms with Gasteiger partial charge in [-0.25, -0.2) is 18.4 Å². The van der Waals surface area contributed by atoms with Crippen LogP contribution in [0.4, 0.5) is 5.69 Å². The lowest BCUT2D eigenvalue weighted by Gasteiger charge is -2.13. The molecule has 25 heavy (non-hydrogen) atoms. The average molecular weight is 365 g/mol. The quantitative estimate of drug-likeness (QED) is 0.439. The minimum atomic E-state index is -3.92.